The van der Waals surface area contributed by atoms with Crippen LogP contribution >= 0.6 is 0 Å². The smallest absolute Gasteiger partial charge is 0.269 e. The van der Waals surface area contributed by atoms with Gasteiger partial charge in [0.1, 0.15) is 5.82 Å². The minimum atomic E-state index is -0.425. The Morgan fingerprint density at radius 1 is 1.17 bits per heavy atom. The Hall–Kier alpha value is -2.96. The molecule has 0 amide bonds. The lowest BCUT2D eigenvalue weighted by molar-refractivity contribution is -0.384. The van der Waals surface area contributed by atoms with E-state index in [1.54, 1.807) is 24.3 Å². The largest absolute Gasteiger partial charge is 0.357 e. The van der Waals surface area contributed by atoms with Gasteiger partial charge in [0.25, 0.3) is 5.69 Å². The zero-order valence-electron chi connectivity index (χ0n) is 13.3. The first-order valence-electron chi connectivity index (χ1n) is 7.58. The van der Waals surface area contributed by atoms with Crippen molar-refractivity contribution in [2.24, 2.45) is 4.99 Å². The fourth-order valence-corrected chi connectivity index (χ4v) is 2.07. The molecule has 24 heavy (non-hydrogen) atoms. The highest BCUT2D eigenvalue weighted by Crippen LogP contribution is 2.13. The van der Waals surface area contributed by atoms with Crippen LogP contribution in [0.15, 0.2) is 53.5 Å². The van der Waals surface area contributed by atoms with Gasteiger partial charge >= 0.3 is 0 Å². The van der Waals surface area contributed by atoms with Gasteiger partial charge < -0.3 is 10.6 Å². The van der Waals surface area contributed by atoms with E-state index in [4.69, 9.17) is 0 Å². The van der Waals surface area contributed by atoms with E-state index in [0.29, 0.717) is 25.6 Å². The molecule has 2 N–H and O–H groups in total. The van der Waals surface area contributed by atoms with E-state index in [0.717, 1.165) is 11.1 Å². The summed E-state index contributed by atoms with van der Waals surface area (Å²) in [5, 5.41) is 17.0. The van der Waals surface area contributed by atoms with Crippen molar-refractivity contribution in [1.29, 1.82) is 0 Å². The lowest BCUT2D eigenvalue weighted by Gasteiger charge is -2.11. The van der Waals surface area contributed by atoms with Gasteiger partial charge in [-0.3, -0.25) is 10.1 Å². The molecule has 2 aromatic carbocycles. The number of nitro benzene ring substituents is 1. The number of benzene rings is 2. The number of halogens is 1. The molecule has 0 spiro atoms. The molecule has 2 aromatic rings. The van der Waals surface area contributed by atoms with Crippen LogP contribution in [0, 0.1) is 15.9 Å². The van der Waals surface area contributed by atoms with Crippen LogP contribution in [-0.2, 0) is 13.1 Å². The fourth-order valence-electron chi connectivity index (χ4n) is 2.07. The van der Waals surface area contributed by atoms with Crippen molar-refractivity contribution in [3.63, 3.8) is 0 Å². The minimum absolute atomic E-state index is 0.0481. The average molecular weight is 330 g/mol. The van der Waals surface area contributed by atoms with Crippen molar-refractivity contribution in [2.75, 3.05) is 6.54 Å². The molecular formula is C17H19FN4O2. The first-order valence-corrected chi connectivity index (χ1v) is 7.58. The van der Waals surface area contributed by atoms with Crippen molar-refractivity contribution in [3.8, 4) is 0 Å². The van der Waals surface area contributed by atoms with E-state index >= 15 is 0 Å². The molecule has 0 saturated heterocycles. The maximum absolute atomic E-state index is 12.9. The lowest BCUT2D eigenvalue weighted by atomic mass is 10.2. The van der Waals surface area contributed by atoms with Crippen LogP contribution in [0.2, 0.25) is 0 Å². The molecule has 0 heterocycles. The summed E-state index contributed by atoms with van der Waals surface area (Å²) in [7, 11) is 0. The third-order valence-electron chi connectivity index (χ3n) is 3.26. The molecule has 7 heteroatoms. The van der Waals surface area contributed by atoms with Crippen LogP contribution in [-0.4, -0.2) is 17.4 Å². The van der Waals surface area contributed by atoms with Gasteiger partial charge in [-0.25, -0.2) is 9.38 Å². The minimum Gasteiger partial charge on any atom is -0.357 e. The van der Waals surface area contributed by atoms with E-state index in [2.05, 4.69) is 15.6 Å². The lowest BCUT2D eigenvalue weighted by Crippen LogP contribution is -2.36. The Bertz CT molecular complexity index is 717. The summed E-state index contributed by atoms with van der Waals surface area (Å²) in [5.41, 5.74) is 1.73. The second-order valence-corrected chi connectivity index (χ2v) is 5.10. The van der Waals surface area contributed by atoms with Crippen LogP contribution in [0.25, 0.3) is 0 Å². The van der Waals surface area contributed by atoms with Gasteiger partial charge in [0.2, 0.25) is 0 Å². The van der Waals surface area contributed by atoms with Crippen molar-refractivity contribution >= 4 is 11.6 Å². The summed E-state index contributed by atoms with van der Waals surface area (Å²) in [6.45, 7) is 3.45. The highest BCUT2D eigenvalue weighted by atomic mass is 19.1. The van der Waals surface area contributed by atoms with E-state index < -0.39 is 4.92 Å². The summed E-state index contributed by atoms with van der Waals surface area (Å²) in [4.78, 5) is 14.8. The predicted octanol–water partition coefficient (Wildman–Crippen LogP) is 2.99. The quantitative estimate of drug-likeness (QED) is 0.369. The van der Waals surface area contributed by atoms with Crippen molar-refractivity contribution in [1.82, 2.24) is 10.6 Å². The Kier molecular flexibility index (Phi) is 6.24. The number of nitrogens with zero attached hydrogens (tertiary/aromatic N) is 2. The van der Waals surface area contributed by atoms with E-state index in [1.807, 2.05) is 6.92 Å². The molecule has 0 aromatic heterocycles. The third-order valence-corrected chi connectivity index (χ3v) is 3.26. The summed E-state index contributed by atoms with van der Waals surface area (Å²) in [6, 6.07) is 12.6. The zero-order valence-corrected chi connectivity index (χ0v) is 13.3. The Labute approximate surface area is 139 Å². The number of nitro groups is 1. The molecule has 0 aliphatic heterocycles. The first kappa shape index (κ1) is 17.4. The van der Waals surface area contributed by atoms with Gasteiger partial charge in [-0.15, -0.1) is 0 Å². The van der Waals surface area contributed by atoms with Gasteiger partial charge in [-0.1, -0.05) is 24.3 Å². The highest BCUT2D eigenvalue weighted by molar-refractivity contribution is 5.79. The molecule has 0 unspecified atom stereocenters. The topological polar surface area (TPSA) is 79.6 Å². The molecule has 0 aliphatic rings. The normalized spacial score (nSPS) is 11.2. The van der Waals surface area contributed by atoms with E-state index in [-0.39, 0.29) is 11.5 Å². The van der Waals surface area contributed by atoms with Gasteiger partial charge in [-0.2, -0.15) is 0 Å². The van der Waals surface area contributed by atoms with Crippen LogP contribution in [0.4, 0.5) is 10.1 Å². The van der Waals surface area contributed by atoms with E-state index in [1.165, 1.54) is 24.3 Å². The molecular weight excluding hydrogens is 311 g/mol. The highest BCUT2D eigenvalue weighted by Gasteiger charge is 2.05. The summed E-state index contributed by atoms with van der Waals surface area (Å²) >= 11 is 0. The van der Waals surface area contributed by atoms with Gasteiger partial charge in [0.15, 0.2) is 5.96 Å². The summed E-state index contributed by atoms with van der Waals surface area (Å²) in [6.07, 6.45) is 0. The number of rotatable bonds is 6. The van der Waals surface area contributed by atoms with Crippen LogP contribution < -0.4 is 10.6 Å². The molecule has 0 radical (unpaired) electrons. The summed E-state index contributed by atoms with van der Waals surface area (Å²) < 4.78 is 12.9. The average Bonchev–Trinajstić information content (AvgIpc) is 2.59. The van der Waals surface area contributed by atoms with Crippen molar-refractivity contribution in [2.45, 2.75) is 20.0 Å². The van der Waals surface area contributed by atoms with E-state index in [9.17, 15) is 14.5 Å². The Balaban J connectivity index is 2.00. The Morgan fingerprint density at radius 2 is 1.92 bits per heavy atom. The Morgan fingerprint density at radius 3 is 2.58 bits per heavy atom. The molecule has 0 atom stereocenters. The predicted molar refractivity (Wildman–Crippen MR) is 91.2 cm³/mol. The number of guanidine groups is 1. The van der Waals surface area contributed by atoms with Crippen molar-refractivity contribution in [3.05, 3.63) is 75.6 Å². The SMILES string of the molecule is CCNC(=NCc1cccc([N+](=O)[O-])c1)NCc1ccc(F)cc1. The van der Waals surface area contributed by atoms with Crippen LogP contribution in [0.5, 0.6) is 0 Å². The molecule has 0 fully saturated rings. The van der Waals surface area contributed by atoms with Gasteiger partial charge in [0.05, 0.1) is 11.5 Å². The number of aliphatic imine (C=N–C) groups is 1. The van der Waals surface area contributed by atoms with Crippen LogP contribution in [0.1, 0.15) is 18.1 Å². The molecule has 2 rings (SSSR count). The molecule has 0 bridgehead atoms. The molecule has 0 saturated carbocycles. The van der Waals surface area contributed by atoms with Gasteiger partial charge in [-0.05, 0) is 30.2 Å². The number of nitrogens with one attached hydrogen (secondary N) is 2. The molecule has 0 aliphatic carbocycles. The maximum atomic E-state index is 12.9. The van der Waals surface area contributed by atoms with Gasteiger partial charge in [0, 0.05) is 25.2 Å². The molecule has 126 valence electrons. The monoisotopic (exact) mass is 330 g/mol. The zero-order chi connectivity index (χ0) is 17.4. The number of non-ortho nitro benzene ring substituents is 1. The first-order chi connectivity index (χ1) is 11.6. The maximum Gasteiger partial charge on any atom is 0.269 e. The molecule has 6 nitrogen and oxygen atoms in total. The number of hydrogen-bond acceptors (Lipinski definition) is 3. The fraction of sp³-hybridized carbons (Fsp3) is 0.235. The number of hydrogen-bond donors (Lipinski definition) is 2. The summed E-state index contributed by atoms with van der Waals surface area (Å²) in [5.74, 6) is 0.318. The second kappa shape index (κ2) is 8.61. The third kappa shape index (κ3) is 5.35. The van der Waals surface area contributed by atoms with Crippen LogP contribution in [0.3, 0.4) is 0 Å². The standard InChI is InChI=1S/C17H19FN4O2/c1-2-19-17(20-11-13-6-8-15(18)9-7-13)21-12-14-4-3-5-16(10-14)22(23)24/h3-10H,2,11-12H2,1H3,(H2,19,20,21). The second-order valence-electron chi connectivity index (χ2n) is 5.10. The van der Waals surface area contributed by atoms with Crippen molar-refractivity contribution < 1.29 is 9.31 Å².